The molecule has 66 heavy (non-hydrogen) atoms. The zero-order chi connectivity index (χ0) is 47.8. The molecule has 0 N–H and O–H groups in total. The first-order chi connectivity index (χ1) is 31.9. The van der Waals surface area contributed by atoms with Gasteiger partial charge in [0.05, 0.1) is 51.8 Å². The highest BCUT2D eigenvalue weighted by Gasteiger charge is 2.21. The van der Waals surface area contributed by atoms with E-state index in [1.807, 2.05) is 52.0 Å². The first-order valence-corrected chi connectivity index (χ1v) is 22.1. The summed E-state index contributed by atoms with van der Waals surface area (Å²) in [6.07, 6.45) is 11.2. The number of carbonyl (C=O) groups is 4. The number of unbranched alkanes of at least 4 members (excludes halogenated alkanes) is 2. The van der Waals surface area contributed by atoms with Crippen LogP contribution in [0.5, 0.6) is 28.7 Å². The Hall–Kier alpha value is -7.08. The number of ether oxygens (including phenoxy) is 8. The van der Waals surface area contributed by atoms with Crippen LogP contribution in [0.2, 0.25) is 0 Å². The van der Waals surface area contributed by atoms with Crippen LogP contribution in [0.3, 0.4) is 0 Å². The average Bonchev–Trinajstić information content (AvgIpc) is 3.32. The number of methoxy groups -OCH3 is 2. The number of carbonyl (C=O) groups excluding carboxylic acids is 4. The summed E-state index contributed by atoms with van der Waals surface area (Å²) in [6, 6.07) is 22.3. The van der Waals surface area contributed by atoms with E-state index in [1.54, 1.807) is 67.8 Å². The first-order valence-electron chi connectivity index (χ1n) is 22.1. The van der Waals surface area contributed by atoms with Gasteiger partial charge in [0, 0.05) is 17.2 Å². The Bertz CT molecular complexity index is 2330. The van der Waals surface area contributed by atoms with E-state index < -0.39 is 17.9 Å². The molecule has 1 aliphatic rings. The molecule has 0 bridgehead atoms. The van der Waals surface area contributed by atoms with E-state index >= 15 is 0 Å². The molecule has 0 heterocycles. The Morgan fingerprint density at radius 2 is 1.24 bits per heavy atom. The van der Waals surface area contributed by atoms with Crippen molar-refractivity contribution in [3.05, 3.63) is 154 Å². The van der Waals surface area contributed by atoms with E-state index in [1.165, 1.54) is 19.1 Å². The van der Waals surface area contributed by atoms with Crippen LogP contribution in [0.1, 0.15) is 113 Å². The minimum atomic E-state index is -0.577. The smallest absolute Gasteiger partial charge is 0.343 e. The van der Waals surface area contributed by atoms with Crippen molar-refractivity contribution in [1.29, 1.82) is 0 Å². The van der Waals surface area contributed by atoms with Gasteiger partial charge in [-0.25, -0.2) is 14.4 Å². The van der Waals surface area contributed by atoms with E-state index in [2.05, 4.69) is 13.2 Å². The predicted octanol–water partition coefficient (Wildman–Crippen LogP) is 11.7. The van der Waals surface area contributed by atoms with Crippen molar-refractivity contribution >= 4 is 30.0 Å². The minimum absolute atomic E-state index is 0.211. The SMILES string of the molecule is C=CC(=O)OCCCCOc1ccc(C(=O)Oc2ccc(/C(OC(=O)c3cc(OC)c(C)cc3C)=C(\C)CC)cc2OC)cc1.C=CC(OCCCCOc1ccc(C=O)cc1)=C1CCC1. The molecule has 12 heteroatoms. The van der Waals surface area contributed by atoms with Crippen LogP contribution in [0.25, 0.3) is 5.76 Å². The highest BCUT2D eigenvalue weighted by Crippen LogP contribution is 2.35. The maximum Gasteiger partial charge on any atom is 0.343 e. The maximum absolute atomic E-state index is 13.3. The van der Waals surface area contributed by atoms with Gasteiger partial charge in [0.25, 0.3) is 0 Å². The van der Waals surface area contributed by atoms with E-state index in [0.717, 1.165) is 66.3 Å². The number of allylic oxidation sites excluding steroid dienone is 3. The summed E-state index contributed by atoms with van der Waals surface area (Å²) >= 11 is 0. The third-order valence-corrected chi connectivity index (χ3v) is 10.6. The van der Waals surface area contributed by atoms with Crippen LogP contribution in [0.15, 0.2) is 121 Å². The molecular weight excluding hydrogens is 841 g/mol. The quantitative estimate of drug-likeness (QED) is 0.0165. The summed E-state index contributed by atoms with van der Waals surface area (Å²) in [4.78, 5) is 47.8. The van der Waals surface area contributed by atoms with Gasteiger partial charge in [0.1, 0.15) is 35.1 Å². The largest absolute Gasteiger partial charge is 0.496 e. The Balaban J connectivity index is 0.000000376. The van der Waals surface area contributed by atoms with Crippen molar-refractivity contribution < 1.29 is 57.1 Å². The number of benzene rings is 4. The van der Waals surface area contributed by atoms with Gasteiger partial charge in [-0.15, -0.1) is 0 Å². The molecule has 0 atom stereocenters. The summed E-state index contributed by atoms with van der Waals surface area (Å²) < 4.78 is 44.5. The van der Waals surface area contributed by atoms with Crippen molar-refractivity contribution in [2.45, 2.75) is 79.1 Å². The zero-order valence-electron chi connectivity index (χ0n) is 39.0. The third-order valence-electron chi connectivity index (χ3n) is 10.6. The van der Waals surface area contributed by atoms with Gasteiger partial charge in [-0.3, -0.25) is 4.79 Å². The van der Waals surface area contributed by atoms with Crippen molar-refractivity contribution in [1.82, 2.24) is 0 Å². The van der Waals surface area contributed by atoms with Gasteiger partial charge >= 0.3 is 17.9 Å². The summed E-state index contributed by atoms with van der Waals surface area (Å²) in [5.74, 6) is 2.33. The predicted molar refractivity (Wildman–Crippen MR) is 255 cm³/mol. The van der Waals surface area contributed by atoms with Crippen LogP contribution in [0.4, 0.5) is 0 Å². The molecule has 1 aliphatic carbocycles. The third kappa shape index (κ3) is 15.9. The lowest BCUT2D eigenvalue weighted by Crippen LogP contribution is -2.10. The van der Waals surface area contributed by atoms with Gasteiger partial charge in [-0.1, -0.05) is 26.1 Å². The van der Waals surface area contributed by atoms with E-state index in [-0.39, 0.29) is 5.75 Å². The molecule has 4 aromatic carbocycles. The molecule has 0 aliphatic heterocycles. The molecule has 0 spiro atoms. The molecule has 0 amide bonds. The van der Waals surface area contributed by atoms with Crippen LogP contribution in [-0.4, -0.2) is 64.8 Å². The lowest BCUT2D eigenvalue weighted by Gasteiger charge is -2.20. The van der Waals surface area contributed by atoms with Gasteiger partial charge < -0.3 is 37.9 Å². The summed E-state index contributed by atoms with van der Waals surface area (Å²) in [7, 11) is 3.03. The number of aldehydes is 1. The Morgan fingerprint density at radius 1 is 0.652 bits per heavy atom. The molecule has 0 unspecified atom stereocenters. The molecular formula is C54H62O12. The second-order valence-corrected chi connectivity index (χ2v) is 15.3. The molecule has 12 nitrogen and oxygen atoms in total. The van der Waals surface area contributed by atoms with Crippen LogP contribution in [-0.2, 0) is 19.0 Å². The van der Waals surface area contributed by atoms with Gasteiger partial charge in [0.15, 0.2) is 11.5 Å². The van der Waals surface area contributed by atoms with Crippen molar-refractivity contribution in [3.63, 3.8) is 0 Å². The summed E-state index contributed by atoms with van der Waals surface area (Å²) in [5, 5.41) is 0. The normalized spacial score (nSPS) is 11.8. The van der Waals surface area contributed by atoms with Crippen molar-refractivity contribution in [2.75, 3.05) is 40.6 Å². The highest BCUT2D eigenvalue weighted by atomic mass is 16.6. The number of aryl methyl sites for hydroxylation is 2. The average molecular weight is 903 g/mol. The van der Waals surface area contributed by atoms with E-state index in [4.69, 9.17) is 37.9 Å². The minimum Gasteiger partial charge on any atom is -0.496 e. The van der Waals surface area contributed by atoms with Crippen LogP contribution >= 0.6 is 0 Å². The fraction of sp³-hybridized carbons (Fsp3) is 0.333. The Kier molecular flexibility index (Phi) is 21.3. The molecule has 4 aromatic rings. The lowest BCUT2D eigenvalue weighted by molar-refractivity contribution is -0.137. The van der Waals surface area contributed by atoms with Crippen molar-refractivity contribution in [3.8, 4) is 28.7 Å². The molecule has 350 valence electrons. The second kappa shape index (κ2) is 27.3. The molecule has 1 saturated carbocycles. The van der Waals surface area contributed by atoms with Gasteiger partial charge in [0.2, 0.25) is 0 Å². The zero-order valence-corrected chi connectivity index (χ0v) is 39.0. The summed E-state index contributed by atoms with van der Waals surface area (Å²) in [5.41, 5.74) is 5.93. The lowest BCUT2D eigenvalue weighted by atomic mass is 9.91. The van der Waals surface area contributed by atoms with Gasteiger partial charge in [-0.05, 0) is 173 Å². The standard InChI is InChI=1S/C36H40O9.C18H22O3/c1-8-23(3)34(45-36(39)29-22-31(40-6)25(5)20-24(29)4)27-14-17-30(32(21-27)41-7)44-35(38)26-12-15-28(16-13-26)42-18-10-11-19-43-33(37)9-2;1-2-18(16-6-5-7-16)21-13-4-3-12-20-17-10-8-15(14-19)9-11-17/h9,12-17,20-22H,2,8,10-11,18-19H2,1,3-7H3;2,8-11,14H,1,3-7,12-13H2/b34-23-;. The number of hydrogen-bond donors (Lipinski definition) is 0. The monoisotopic (exact) mass is 902 g/mol. The number of esters is 3. The molecule has 0 saturated heterocycles. The van der Waals surface area contributed by atoms with Crippen LogP contribution < -0.4 is 23.7 Å². The molecule has 1 fully saturated rings. The highest BCUT2D eigenvalue weighted by molar-refractivity contribution is 5.95. The molecule has 0 aromatic heterocycles. The molecule has 0 radical (unpaired) electrons. The Morgan fingerprint density at radius 3 is 1.79 bits per heavy atom. The van der Waals surface area contributed by atoms with Gasteiger partial charge in [-0.2, -0.15) is 0 Å². The first kappa shape index (κ1) is 51.6. The van der Waals surface area contributed by atoms with Crippen molar-refractivity contribution in [2.24, 2.45) is 0 Å². The maximum atomic E-state index is 13.3. The molecule has 5 rings (SSSR count). The van der Waals surface area contributed by atoms with E-state index in [9.17, 15) is 19.2 Å². The van der Waals surface area contributed by atoms with Crippen LogP contribution in [0, 0.1) is 13.8 Å². The van der Waals surface area contributed by atoms with E-state index in [0.29, 0.717) is 91.0 Å². The number of hydrogen-bond acceptors (Lipinski definition) is 12. The Labute approximate surface area is 388 Å². The fourth-order valence-electron chi connectivity index (χ4n) is 6.46. The second-order valence-electron chi connectivity index (χ2n) is 15.3. The number of rotatable bonds is 24. The fourth-order valence-corrected chi connectivity index (χ4v) is 6.46. The summed E-state index contributed by atoms with van der Waals surface area (Å²) in [6.45, 7) is 16.9. The topological polar surface area (TPSA) is 142 Å².